The van der Waals surface area contributed by atoms with Crippen molar-refractivity contribution in [2.24, 2.45) is 5.84 Å². The van der Waals surface area contributed by atoms with Crippen LogP contribution in [0.5, 0.6) is 0 Å². The Hall–Kier alpha value is -1.57. The first-order valence-corrected chi connectivity index (χ1v) is 6.24. The second-order valence-corrected chi connectivity index (χ2v) is 4.36. The minimum atomic E-state index is -2.47. The first-order chi connectivity index (χ1) is 9.56. The van der Waals surface area contributed by atoms with E-state index in [0.29, 0.717) is 0 Å². The fourth-order valence-electron chi connectivity index (χ4n) is 1.92. The molecule has 1 aromatic rings. The van der Waals surface area contributed by atoms with Crippen LogP contribution in [0.25, 0.3) is 0 Å². The van der Waals surface area contributed by atoms with Gasteiger partial charge >= 0.3 is 0 Å². The predicted octanol–water partition coefficient (Wildman–Crippen LogP) is 0.278. The van der Waals surface area contributed by atoms with E-state index in [4.69, 9.17) is 10.9 Å². The van der Waals surface area contributed by atoms with Gasteiger partial charge in [-0.2, -0.15) is 0 Å². The molecular formula is C13H19F2N3O2. The highest BCUT2D eigenvalue weighted by Gasteiger charge is 2.14. The summed E-state index contributed by atoms with van der Waals surface area (Å²) in [5.41, 5.74) is 3.54. The molecule has 0 unspecified atom stereocenters. The van der Waals surface area contributed by atoms with E-state index in [9.17, 15) is 13.6 Å². The second kappa shape index (κ2) is 8.57. The Kier molecular flexibility index (Phi) is 7.06. The lowest BCUT2D eigenvalue weighted by Crippen LogP contribution is -2.33. The molecule has 0 saturated heterocycles. The number of hydrogen-bond donors (Lipinski definition) is 3. The first kappa shape index (κ1) is 16.5. The molecule has 0 aliphatic rings. The third kappa shape index (κ3) is 5.60. The first-order valence-electron chi connectivity index (χ1n) is 6.24. The Balaban J connectivity index is 2.80. The van der Waals surface area contributed by atoms with Crippen LogP contribution in [0, 0.1) is 0 Å². The van der Waals surface area contributed by atoms with Crippen molar-refractivity contribution in [3.63, 3.8) is 0 Å². The van der Waals surface area contributed by atoms with Crippen molar-refractivity contribution in [1.29, 1.82) is 0 Å². The summed E-state index contributed by atoms with van der Waals surface area (Å²) in [6, 6.07) is 7.07. The van der Waals surface area contributed by atoms with E-state index in [2.05, 4.69) is 0 Å². The summed E-state index contributed by atoms with van der Waals surface area (Å²) < 4.78 is 24.9. The maximum atomic E-state index is 12.5. The van der Waals surface area contributed by atoms with Gasteiger partial charge in [0.05, 0.1) is 19.6 Å². The number of nitrogens with one attached hydrogen (secondary N) is 1. The van der Waals surface area contributed by atoms with Gasteiger partial charge in [-0.25, -0.2) is 14.6 Å². The van der Waals surface area contributed by atoms with E-state index in [0.717, 1.165) is 11.1 Å². The van der Waals surface area contributed by atoms with Crippen LogP contribution in [0.1, 0.15) is 11.1 Å². The van der Waals surface area contributed by atoms with E-state index in [1.54, 1.807) is 24.3 Å². The summed E-state index contributed by atoms with van der Waals surface area (Å²) in [6.07, 6.45) is -2.38. The van der Waals surface area contributed by atoms with E-state index < -0.39 is 13.0 Å². The standard InChI is InChI=1S/C13H19F2N3O2/c14-12(15)9-18(5-6-19)8-11-4-2-1-3-10(11)7-13(20)17-16/h1-4,12,19H,5-9,16H2,(H,17,20). The van der Waals surface area contributed by atoms with Crippen LogP contribution in [-0.4, -0.2) is 42.0 Å². The maximum Gasteiger partial charge on any atom is 0.251 e. The Morgan fingerprint density at radius 2 is 2.00 bits per heavy atom. The SMILES string of the molecule is NNC(=O)Cc1ccccc1CN(CCO)CC(F)F. The summed E-state index contributed by atoms with van der Waals surface area (Å²) in [5.74, 6) is 4.70. The molecule has 112 valence electrons. The highest BCUT2D eigenvalue weighted by atomic mass is 19.3. The van der Waals surface area contributed by atoms with Crippen molar-refractivity contribution in [2.75, 3.05) is 19.7 Å². The zero-order valence-electron chi connectivity index (χ0n) is 11.1. The molecule has 0 atom stereocenters. The van der Waals surface area contributed by atoms with Gasteiger partial charge in [0.15, 0.2) is 0 Å². The van der Waals surface area contributed by atoms with Gasteiger partial charge in [-0.3, -0.25) is 15.1 Å². The largest absolute Gasteiger partial charge is 0.395 e. The fourth-order valence-corrected chi connectivity index (χ4v) is 1.92. The van der Waals surface area contributed by atoms with Crippen molar-refractivity contribution < 1.29 is 18.7 Å². The van der Waals surface area contributed by atoms with Gasteiger partial charge in [0, 0.05) is 13.1 Å². The molecule has 0 aromatic heterocycles. The van der Waals surface area contributed by atoms with Crippen LogP contribution in [0.2, 0.25) is 0 Å². The quantitative estimate of drug-likeness (QED) is 0.364. The van der Waals surface area contributed by atoms with Crippen LogP contribution >= 0.6 is 0 Å². The monoisotopic (exact) mass is 287 g/mol. The summed E-state index contributed by atoms with van der Waals surface area (Å²) in [6.45, 7) is -0.211. The van der Waals surface area contributed by atoms with E-state index in [1.807, 2.05) is 5.43 Å². The van der Waals surface area contributed by atoms with E-state index in [1.165, 1.54) is 4.90 Å². The smallest absolute Gasteiger partial charge is 0.251 e. The topological polar surface area (TPSA) is 78.6 Å². The van der Waals surface area contributed by atoms with Gasteiger partial charge in [-0.05, 0) is 11.1 Å². The Morgan fingerprint density at radius 1 is 1.35 bits per heavy atom. The lowest BCUT2D eigenvalue weighted by Gasteiger charge is -2.22. The number of hydrogen-bond acceptors (Lipinski definition) is 4. The minimum absolute atomic E-state index is 0.0916. The maximum absolute atomic E-state index is 12.5. The summed E-state index contributed by atoms with van der Waals surface area (Å²) in [4.78, 5) is 12.8. The average molecular weight is 287 g/mol. The fraction of sp³-hybridized carbons (Fsp3) is 0.462. The molecule has 1 rings (SSSR count). The van der Waals surface area contributed by atoms with Gasteiger partial charge in [-0.15, -0.1) is 0 Å². The molecular weight excluding hydrogens is 268 g/mol. The molecule has 5 nitrogen and oxygen atoms in total. The minimum Gasteiger partial charge on any atom is -0.395 e. The Labute approximate surface area is 116 Å². The van der Waals surface area contributed by atoms with Crippen LogP contribution in [-0.2, 0) is 17.8 Å². The zero-order valence-corrected chi connectivity index (χ0v) is 11.1. The van der Waals surface area contributed by atoms with E-state index >= 15 is 0 Å². The lowest BCUT2D eigenvalue weighted by atomic mass is 10.0. The number of benzene rings is 1. The molecule has 0 saturated carbocycles. The molecule has 1 amide bonds. The van der Waals surface area contributed by atoms with Gasteiger partial charge in [-0.1, -0.05) is 24.3 Å². The van der Waals surface area contributed by atoms with Crippen LogP contribution in [0.3, 0.4) is 0 Å². The molecule has 0 aliphatic heterocycles. The normalized spacial score (nSPS) is 11.1. The van der Waals surface area contributed by atoms with Crippen molar-refractivity contribution in [2.45, 2.75) is 19.4 Å². The number of hydrazine groups is 1. The second-order valence-electron chi connectivity index (χ2n) is 4.36. The summed E-state index contributed by atoms with van der Waals surface area (Å²) in [7, 11) is 0. The number of nitrogens with zero attached hydrogens (tertiary/aromatic N) is 1. The van der Waals surface area contributed by atoms with Gasteiger partial charge in [0.2, 0.25) is 5.91 Å². The van der Waals surface area contributed by atoms with Crippen molar-refractivity contribution in [3.8, 4) is 0 Å². The Morgan fingerprint density at radius 3 is 2.55 bits per heavy atom. The summed E-state index contributed by atoms with van der Waals surface area (Å²) >= 11 is 0. The number of carbonyl (C=O) groups is 1. The number of nitrogens with two attached hydrogens (primary N) is 1. The number of carbonyl (C=O) groups excluding carboxylic acids is 1. The molecule has 0 bridgehead atoms. The molecule has 0 spiro atoms. The third-order valence-electron chi connectivity index (χ3n) is 2.84. The molecule has 4 N–H and O–H groups in total. The number of aliphatic hydroxyl groups excluding tert-OH is 1. The van der Waals surface area contributed by atoms with Crippen LogP contribution < -0.4 is 11.3 Å². The zero-order chi connectivity index (χ0) is 15.0. The third-order valence-corrected chi connectivity index (χ3v) is 2.84. The lowest BCUT2D eigenvalue weighted by molar-refractivity contribution is -0.120. The number of alkyl halides is 2. The number of amides is 1. The molecule has 0 heterocycles. The average Bonchev–Trinajstić information content (AvgIpc) is 2.40. The highest BCUT2D eigenvalue weighted by molar-refractivity contribution is 5.78. The molecule has 0 fully saturated rings. The Bertz CT molecular complexity index is 430. The molecule has 0 radical (unpaired) electrons. The van der Waals surface area contributed by atoms with Crippen molar-refractivity contribution in [1.82, 2.24) is 10.3 Å². The number of aliphatic hydroxyl groups is 1. The molecule has 20 heavy (non-hydrogen) atoms. The highest BCUT2D eigenvalue weighted by Crippen LogP contribution is 2.13. The van der Waals surface area contributed by atoms with Gasteiger partial charge in [0.25, 0.3) is 6.43 Å². The number of halogens is 2. The van der Waals surface area contributed by atoms with Gasteiger partial charge in [0.1, 0.15) is 0 Å². The molecule has 1 aromatic carbocycles. The number of rotatable bonds is 8. The van der Waals surface area contributed by atoms with E-state index in [-0.39, 0.29) is 32.0 Å². The van der Waals surface area contributed by atoms with Crippen molar-refractivity contribution >= 4 is 5.91 Å². The molecule has 7 heteroatoms. The van der Waals surface area contributed by atoms with Crippen LogP contribution in [0.15, 0.2) is 24.3 Å². The molecule has 0 aliphatic carbocycles. The predicted molar refractivity (Wildman–Crippen MR) is 70.8 cm³/mol. The summed E-state index contributed by atoms with van der Waals surface area (Å²) in [5, 5.41) is 8.91. The van der Waals surface area contributed by atoms with Crippen molar-refractivity contribution in [3.05, 3.63) is 35.4 Å². The van der Waals surface area contributed by atoms with Gasteiger partial charge < -0.3 is 5.11 Å². The van der Waals surface area contributed by atoms with Crippen LogP contribution in [0.4, 0.5) is 8.78 Å².